The molecule has 0 aliphatic rings. The molecule has 0 spiro atoms. The van der Waals surface area contributed by atoms with Gasteiger partial charge in [0.05, 0.1) is 16.3 Å². The van der Waals surface area contributed by atoms with Gasteiger partial charge in [0.15, 0.2) is 0 Å². The summed E-state index contributed by atoms with van der Waals surface area (Å²) in [5.41, 5.74) is 1.59. The first kappa shape index (κ1) is 30.0. The fourth-order valence-electron chi connectivity index (χ4n) is 5.07. The molecule has 41 heavy (non-hydrogen) atoms. The number of amides is 1. The maximum Gasteiger partial charge on any atom is 0.316 e. The van der Waals surface area contributed by atoms with Crippen LogP contribution in [-0.2, 0) is 16.6 Å². The molecule has 1 amide bonds. The van der Waals surface area contributed by atoms with E-state index in [2.05, 4.69) is 14.9 Å². The lowest BCUT2D eigenvalue weighted by atomic mass is 9.79. The summed E-state index contributed by atoms with van der Waals surface area (Å²) < 4.78 is 7.95. The predicted molar refractivity (Wildman–Crippen MR) is 161 cm³/mol. The standard InChI is InChI=1S/C32H40N4O5/c1-19-21-11-14-33-26(28(37)34-15-16-35(6)7)23(21)18-24-22-17-20(9-10-25(22)36(8)27(19)24)41-30(40)32(4,5)13-12-31(2,3)29(38)39/h9-11,14,17-18H,12-13,15-16H2,1-8H3,(H,34,37)(H,38,39). The molecule has 0 unspecified atom stereocenters. The fraction of sp³-hybridized carbons (Fsp3) is 0.438. The minimum Gasteiger partial charge on any atom is -0.481 e. The summed E-state index contributed by atoms with van der Waals surface area (Å²) in [5.74, 6) is -1.12. The third-order valence-electron chi connectivity index (χ3n) is 8.02. The van der Waals surface area contributed by atoms with Gasteiger partial charge in [-0.05, 0) is 103 Å². The predicted octanol–water partition coefficient (Wildman–Crippen LogP) is 5.30. The van der Waals surface area contributed by atoms with Crippen molar-refractivity contribution in [2.24, 2.45) is 17.9 Å². The molecule has 4 rings (SSSR count). The van der Waals surface area contributed by atoms with Crippen molar-refractivity contribution in [1.29, 1.82) is 0 Å². The van der Waals surface area contributed by atoms with Crippen molar-refractivity contribution in [1.82, 2.24) is 19.8 Å². The first-order chi connectivity index (χ1) is 19.1. The molecule has 0 aliphatic carbocycles. The first-order valence-electron chi connectivity index (χ1n) is 13.8. The number of aromatic nitrogens is 2. The lowest BCUT2D eigenvalue weighted by Crippen LogP contribution is -2.32. The van der Waals surface area contributed by atoms with Crippen LogP contribution < -0.4 is 10.1 Å². The number of nitrogens with one attached hydrogen (secondary N) is 1. The van der Waals surface area contributed by atoms with Crippen LogP contribution in [0, 0.1) is 17.8 Å². The van der Waals surface area contributed by atoms with E-state index in [0.717, 1.165) is 44.7 Å². The van der Waals surface area contributed by atoms with Crippen molar-refractivity contribution in [2.45, 2.75) is 47.5 Å². The van der Waals surface area contributed by atoms with Gasteiger partial charge in [0.2, 0.25) is 0 Å². The number of pyridine rings is 1. The minimum absolute atomic E-state index is 0.223. The average Bonchev–Trinajstić information content (AvgIpc) is 3.18. The van der Waals surface area contributed by atoms with Gasteiger partial charge >= 0.3 is 11.9 Å². The van der Waals surface area contributed by atoms with Gasteiger partial charge in [-0.3, -0.25) is 19.4 Å². The van der Waals surface area contributed by atoms with Crippen LogP contribution in [0.5, 0.6) is 5.75 Å². The second-order valence-corrected chi connectivity index (χ2v) is 12.4. The van der Waals surface area contributed by atoms with Gasteiger partial charge in [-0.1, -0.05) is 0 Å². The van der Waals surface area contributed by atoms with E-state index in [0.29, 0.717) is 30.8 Å². The summed E-state index contributed by atoms with van der Waals surface area (Å²) in [7, 11) is 5.91. The number of esters is 1. The number of hydrogen-bond acceptors (Lipinski definition) is 6. The number of rotatable bonds is 10. The Kier molecular flexibility index (Phi) is 8.14. The van der Waals surface area contributed by atoms with Crippen LogP contribution in [0.2, 0.25) is 0 Å². The average molecular weight is 561 g/mol. The fourth-order valence-corrected chi connectivity index (χ4v) is 5.07. The molecule has 0 saturated carbocycles. The Balaban J connectivity index is 1.72. The van der Waals surface area contributed by atoms with Crippen LogP contribution in [0.25, 0.3) is 32.6 Å². The van der Waals surface area contributed by atoms with Crippen LogP contribution in [-0.4, -0.2) is 64.6 Å². The Morgan fingerprint density at radius 1 is 0.976 bits per heavy atom. The summed E-state index contributed by atoms with van der Waals surface area (Å²) >= 11 is 0. The van der Waals surface area contributed by atoms with E-state index in [-0.39, 0.29) is 5.91 Å². The highest BCUT2D eigenvalue weighted by molar-refractivity contribution is 6.17. The number of carbonyl (C=O) groups is 3. The smallest absolute Gasteiger partial charge is 0.316 e. The number of aryl methyl sites for hydroxylation is 2. The minimum atomic E-state index is -0.934. The van der Waals surface area contributed by atoms with Crippen LogP contribution in [0.3, 0.4) is 0 Å². The SMILES string of the molecule is Cc1c2ccnc(C(=O)NCCN(C)C)c2cc2c3cc(OC(=O)C(C)(C)CCC(C)(C)C(=O)O)ccc3n(C)c12. The van der Waals surface area contributed by atoms with Crippen LogP contribution in [0.4, 0.5) is 0 Å². The molecule has 0 saturated heterocycles. The number of fused-ring (bicyclic) bond motifs is 4. The number of hydrogen-bond donors (Lipinski definition) is 2. The zero-order valence-electron chi connectivity index (χ0n) is 25.2. The summed E-state index contributed by atoms with van der Waals surface area (Å²) in [6.45, 7) is 10.1. The maximum atomic E-state index is 13.2. The quantitative estimate of drug-likeness (QED) is 0.200. The van der Waals surface area contributed by atoms with Gasteiger partial charge in [-0.2, -0.15) is 0 Å². The molecule has 4 aromatic rings. The number of ether oxygens (including phenoxy) is 1. The highest BCUT2D eigenvalue weighted by Gasteiger charge is 2.35. The molecule has 0 atom stereocenters. The second kappa shape index (κ2) is 11.1. The van der Waals surface area contributed by atoms with Crippen molar-refractivity contribution in [2.75, 3.05) is 27.2 Å². The van der Waals surface area contributed by atoms with Gasteiger partial charge in [0.1, 0.15) is 11.4 Å². The van der Waals surface area contributed by atoms with E-state index in [1.165, 1.54) is 0 Å². The second-order valence-electron chi connectivity index (χ2n) is 12.4. The Bertz CT molecular complexity index is 1670. The van der Waals surface area contributed by atoms with E-state index in [9.17, 15) is 19.5 Å². The summed E-state index contributed by atoms with van der Waals surface area (Å²) in [6, 6.07) is 9.48. The van der Waals surface area contributed by atoms with E-state index in [4.69, 9.17) is 4.74 Å². The van der Waals surface area contributed by atoms with Gasteiger partial charge < -0.3 is 24.6 Å². The summed E-state index contributed by atoms with van der Waals surface area (Å²) in [4.78, 5) is 44.2. The normalized spacial score (nSPS) is 12.4. The molecule has 2 N–H and O–H groups in total. The Labute approximate surface area is 240 Å². The monoisotopic (exact) mass is 560 g/mol. The number of benzene rings is 2. The van der Waals surface area contributed by atoms with Gasteiger partial charge in [-0.15, -0.1) is 0 Å². The number of nitrogens with zero attached hydrogens (tertiary/aromatic N) is 3. The van der Waals surface area contributed by atoms with Crippen molar-refractivity contribution < 1.29 is 24.2 Å². The topological polar surface area (TPSA) is 114 Å². The van der Waals surface area contributed by atoms with Crippen molar-refractivity contribution in [3.63, 3.8) is 0 Å². The molecule has 2 aromatic heterocycles. The Morgan fingerprint density at radius 3 is 2.32 bits per heavy atom. The molecule has 9 heteroatoms. The molecular formula is C32H40N4O5. The van der Waals surface area contributed by atoms with Crippen molar-refractivity contribution >= 4 is 50.4 Å². The number of carbonyl (C=O) groups excluding carboxylic acids is 2. The molecular weight excluding hydrogens is 520 g/mol. The highest BCUT2D eigenvalue weighted by Crippen LogP contribution is 2.38. The molecule has 2 aromatic carbocycles. The molecule has 0 aliphatic heterocycles. The third-order valence-corrected chi connectivity index (χ3v) is 8.02. The zero-order chi connectivity index (χ0) is 30.3. The Hall–Kier alpha value is -3.98. The van der Waals surface area contributed by atoms with Gasteiger partial charge in [-0.25, -0.2) is 0 Å². The number of aliphatic carboxylic acids is 1. The summed E-state index contributed by atoms with van der Waals surface area (Å²) in [6.07, 6.45) is 2.39. The van der Waals surface area contributed by atoms with Crippen LogP contribution in [0.1, 0.15) is 56.6 Å². The van der Waals surface area contributed by atoms with E-state index >= 15 is 0 Å². The van der Waals surface area contributed by atoms with E-state index < -0.39 is 22.8 Å². The largest absolute Gasteiger partial charge is 0.481 e. The number of carboxylic acid groups (broad SMARTS) is 1. The molecule has 0 bridgehead atoms. The van der Waals surface area contributed by atoms with Gasteiger partial charge in [0.25, 0.3) is 5.91 Å². The Morgan fingerprint density at radius 2 is 1.66 bits per heavy atom. The molecule has 0 radical (unpaired) electrons. The molecule has 2 heterocycles. The zero-order valence-corrected chi connectivity index (χ0v) is 25.2. The maximum absolute atomic E-state index is 13.2. The lowest BCUT2D eigenvalue weighted by Gasteiger charge is -2.27. The number of carboxylic acids is 1. The van der Waals surface area contributed by atoms with Crippen molar-refractivity contribution in [3.05, 3.63) is 47.8 Å². The molecule has 0 fully saturated rings. The first-order valence-corrected chi connectivity index (χ1v) is 13.8. The molecule has 9 nitrogen and oxygen atoms in total. The molecule has 218 valence electrons. The highest BCUT2D eigenvalue weighted by atomic mass is 16.5. The number of likely N-dealkylation sites (N-methyl/N-ethyl adjacent to an activating group) is 1. The van der Waals surface area contributed by atoms with Gasteiger partial charge in [0, 0.05) is 48.0 Å². The lowest BCUT2D eigenvalue weighted by molar-refractivity contribution is -0.150. The van der Waals surface area contributed by atoms with E-state index in [1.54, 1.807) is 40.0 Å². The van der Waals surface area contributed by atoms with Crippen molar-refractivity contribution in [3.8, 4) is 5.75 Å². The summed E-state index contributed by atoms with van der Waals surface area (Å²) in [5, 5.41) is 16.0. The van der Waals surface area contributed by atoms with Crippen LogP contribution in [0.15, 0.2) is 36.5 Å². The van der Waals surface area contributed by atoms with E-state index in [1.807, 2.05) is 57.2 Å². The van der Waals surface area contributed by atoms with Crippen LogP contribution >= 0.6 is 0 Å². The third kappa shape index (κ3) is 5.91.